The first-order chi connectivity index (χ1) is 10.2. The number of aromatic nitrogens is 1. The van der Waals surface area contributed by atoms with E-state index in [4.69, 9.17) is 5.73 Å². The highest BCUT2D eigenvalue weighted by Crippen LogP contribution is 2.28. The van der Waals surface area contributed by atoms with E-state index in [0.29, 0.717) is 19.0 Å². The van der Waals surface area contributed by atoms with E-state index in [2.05, 4.69) is 10.3 Å². The van der Waals surface area contributed by atoms with Crippen LogP contribution in [0.1, 0.15) is 44.1 Å². The average molecular weight is 291 g/mol. The molecule has 0 aromatic carbocycles. The summed E-state index contributed by atoms with van der Waals surface area (Å²) in [5, 5.41) is 12.3. The van der Waals surface area contributed by atoms with Gasteiger partial charge in [-0.15, -0.1) is 0 Å². The van der Waals surface area contributed by atoms with Crippen LogP contribution in [0.25, 0.3) is 0 Å². The second kappa shape index (κ2) is 7.98. The summed E-state index contributed by atoms with van der Waals surface area (Å²) in [6.07, 6.45) is 10.2. The number of pyridine rings is 1. The Bertz CT molecular complexity index is 457. The van der Waals surface area contributed by atoms with Crippen LogP contribution in [0.2, 0.25) is 0 Å². The van der Waals surface area contributed by atoms with Gasteiger partial charge in [-0.25, -0.2) is 0 Å². The first-order valence-electron chi connectivity index (χ1n) is 7.81. The molecule has 1 aromatic heterocycles. The lowest BCUT2D eigenvalue weighted by atomic mass is 9.85. The molecule has 1 fully saturated rings. The highest BCUT2D eigenvalue weighted by molar-refractivity contribution is 5.79. The second-order valence-electron chi connectivity index (χ2n) is 5.86. The second-order valence-corrected chi connectivity index (χ2v) is 5.86. The fourth-order valence-electron chi connectivity index (χ4n) is 3.12. The number of hydrogen-bond acceptors (Lipinski definition) is 4. The predicted molar refractivity (Wildman–Crippen MR) is 81.5 cm³/mol. The number of carbonyl (C=O) groups excluding carboxylic acids is 1. The van der Waals surface area contributed by atoms with E-state index in [1.54, 1.807) is 12.3 Å². The number of carbonyl (C=O) groups is 1. The van der Waals surface area contributed by atoms with Crippen LogP contribution in [0.15, 0.2) is 18.5 Å². The van der Waals surface area contributed by atoms with Gasteiger partial charge in [0.25, 0.3) is 0 Å². The van der Waals surface area contributed by atoms with Crippen molar-refractivity contribution in [3.8, 4) is 5.75 Å². The molecule has 2 rings (SSSR count). The molecule has 0 bridgehead atoms. The number of rotatable bonds is 5. The van der Waals surface area contributed by atoms with Gasteiger partial charge in [0.2, 0.25) is 5.91 Å². The van der Waals surface area contributed by atoms with Crippen molar-refractivity contribution in [3.63, 3.8) is 0 Å². The minimum Gasteiger partial charge on any atom is -0.506 e. The van der Waals surface area contributed by atoms with Gasteiger partial charge in [0.1, 0.15) is 5.75 Å². The minimum absolute atomic E-state index is 0.0211. The Morgan fingerprint density at radius 3 is 2.67 bits per heavy atom. The first-order valence-corrected chi connectivity index (χ1v) is 7.81. The molecule has 116 valence electrons. The number of amides is 1. The van der Waals surface area contributed by atoms with E-state index in [1.165, 1.54) is 31.9 Å². The Labute approximate surface area is 126 Å². The van der Waals surface area contributed by atoms with Crippen LogP contribution in [0.5, 0.6) is 5.75 Å². The van der Waals surface area contributed by atoms with Crippen LogP contribution in [0.4, 0.5) is 0 Å². The van der Waals surface area contributed by atoms with Crippen LogP contribution >= 0.6 is 0 Å². The molecular formula is C16H25N3O2. The highest BCUT2D eigenvalue weighted by Gasteiger charge is 2.27. The minimum atomic E-state index is -0.103. The van der Waals surface area contributed by atoms with Crippen molar-refractivity contribution in [2.24, 2.45) is 17.6 Å². The molecule has 1 aromatic rings. The van der Waals surface area contributed by atoms with E-state index in [9.17, 15) is 9.90 Å². The molecule has 1 amide bonds. The third-order valence-corrected chi connectivity index (χ3v) is 4.31. The molecular weight excluding hydrogens is 266 g/mol. The third kappa shape index (κ3) is 4.70. The summed E-state index contributed by atoms with van der Waals surface area (Å²) >= 11 is 0. The lowest BCUT2D eigenvalue weighted by molar-refractivity contribution is -0.126. The third-order valence-electron chi connectivity index (χ3n) is 4.31. The van der Waals surface area contributed by atoms with Crippen LogP contribution < -0.4 is 11.1 Å². The molecule has 1 aliphatic carbocycles. The van der Waals surface area contributed by atoms with Crippen molar-refractivity contribution in [2.75, 3.05) is 6.54 Å². The van der Waals surface area contributed by atoms with Crippen molar-refractivity contribution in [2.45, 2.75) is 45.1 Å². The van der Waals surface area contributed by atoms with Gasteiger partial charge in [-0.3, -0.25) is 9.78 Å². The molecule has 0 radical (unpaired) electrons. The lowest BCUT2D eigenvalue weighted by Crippen LogP contribution is -2.39. The molecule has 4 N–H and O–H groups in total. The Morgan fingerprint density at radius 1 is 1.33 bits per heavy atom. The molecule has 1 heterocycles. The summed E-state index contributed by atoms with van der Waals surface area (Å²) in [5.74, 6) is 0.432. The van der Waals surface area contributed by atoms with E-state index in [-0.39, 0.29) is 17.6 Å². The smallest absolute Gasteiger partial charge is 0.224 e. The van der Waals surface area contributed by atoms with Gasteiger partial charge in [0.05, 0.1) is 12.1 Å². The van der Waals surface area contributed by atoms with Crippen molar-refractivity contribution in [1.29, 1.82) is 0 Å². The summed E-state index contributed by atoms with van der Waals surface area (Å²) in [4.78, 5) is 16.3. The zero-order valence-electron chi connectivity index (χ0n) is 12.4. The molecule has 0 spiro atoms. The van der Waals surface area contributed by atoms with Crippen LogP contribution in [0, 0.1) is 11.8 Å². The summed E-state index contributed by atoms with van der Waals surface area (Å²) in [6.45, 7) is 0.776. The van der Waals surface area contributed by atoms with E-state index in [1.807, 2.05) is 0 Å². The number of nitrogens with two attached hydrogens (primary N) is 1. The summed E-state index contributed by atoms with van der Waals surface area (Å²) in [6, 6.07) is 1.61. The fraction of sp³-hybridized carbons (Fsp3) is 0.625. The highest BCUT2D eigenvalue weighted by atomic mass is 16.3. The number of nitrogens with zero attached hydrogens (tertiary/aromatic N) is 1. The Kier molecular flexibility index (Phi) is 5.99. The van der Waals surface area contributed by atoms with Crippen molar-refractivity contribution >= 4 is 5.91 Å². The fourth-order valence-corrected chi connectivity index (χ4v) is 3.12. The molecule has 5 nitrogen and oxygen atoms in total. The SMILES string of the molecule is NC[C@H](C(=O)NCc1cncc(O)c1)C1CCCCCC1. The topological polar surface area (TPSA) is 88.2 Å². The molecule has 1 saturated carbocycles. The normalized spacial score (nSPS) is 18.0. The van der Waals surface area contributed by atoms with E-state index >= 15 is 0 Å². The molecule has 1 aliphatic rings. The van der Waals surface area contributed by atoms with Crippen LogP contribution in [0.3, 0.4) is 0 Å². The standard InChI is InChI=1S/C16H25N3O2/c17-8-15(13-5-3-1-2-4-6-13)16(21)19-10-12-7-14(20)11-18-9-12/h7,9,11,13,15,20H,1-6,8,10,17H2,(H,19,21)/t15-/m0/s1. The van der Waals surface area contributed by atoms with Crippen molar-refractivity contribution in [1.82, 2.24) is 10.3 Å². The molecule has 5 heteroatoms. The molecule has 21 heavy (non-hydrogen) atoms. The maximum Gasteiger partial charge on any atom is 0.224 e. The van der Waals surface area contributed by atoms with Gasteiger partial charge in [-0.1, -0.05) is 25.7 Å². The monoisotopic (exact) mass is 291 g/mol. The molecule has 1 atom stereocenters. The largest absolute Gasteiger partial charge is 0.506 e. The summed E-state index contributed by atoms with van der Waals surface area (Å²) in [7, 11) is 0. The van der Waals surface area contributed by atoms with E-state index < -0.39 is 0 Å². The average Bonchev–Trinajstić information content (AvgIpc) is 2.75. The van der Waals surface area contributed by atoms with Gasteiger partial charge in [-0.2, -0.15) is 0 Å². The maximum atomic E-state index is 12.4. The van der Waals surface area contributed by atoms with Gasteiger partial charge in [0, 0.05) is 19.3 Å². The first kappa shape index (κ1) is 15.8. The van der Waals surface area contributed by atoms with Gasteiger partial charge < -0.3 is 16.2 Å². The van der Waals surface area contributed by atoms with Crippen molar-refractivity contribution in [3.05, 3.63) is 24.0 Å². The zero-order valence-corrected chi connectivity index (χ0v) is 12.4. The Balaban J connectivity index is 1.90. The Morgan fingerprint density at radius 2 is 2.05 bits per heavy atom. The van der Waals surface area contributed by atoms with Gasteiger partial charge >= 0.3 is 0 Å². The van der Waals surface area contributed by atoms with Gasteiger partial charge in [0.15, 0.2) is 0 Å². The molecule has 0 aliphatic heterocycles. The van der Waals surface area contributed by atoms with Crippen LogP contribution in [-0.2, 0) is 11.3 Å². The quantitative estimate of drug-likeness (QED) is 0.723. The maximum absolute atomic E-state index is 12.4. The number of nitrogens with one attached hydrogen (secondary N) is 1. The molecule has 0 unspecified atom stereocenters. The summed E-state index contributed by atoms with van der Waals surface area (Å²) in [5.41, 5.74) is 6.63. The van der Waals surface area contributed by atoms with Crippen LogP contribution in [-0.4, -0.2) is 22.5 Å². The lowest BCUT2D eigenvalue weighted by Gasteiger charge is -2.24. The number of aromatic hydroxyl groups is 1. The van der Waals surface area contributed by atoms with E-state index in [0.717, 1.165) is 18.4 Å². The number of hydrogen-bond donors (Lipinski definition) is 3. The van der Waals surface area contributed by atoms with Gasteiger partial charge in [-0.05, 0) is 30.4 Å². The predicted octanol–water partition coefficient (Wildman–Crippen LogP) is 1.95. The molecule has 0 saturated heterocycles. The summed E-state index contributed by atoms with van der Waals surface area (Å²) < 4.78 is 0. The Hall–Kier alpha value is -1.62. The van der Waals surface area contributed by atoms with Crippen molar-refractivity contribution < 1.29 is 9.90 Å². The zero-order chi connectivity index (χ0) is 15.1.